The monoisotopic (exact) mass is 404 g/mol. The highest BCUT2D eigenvalue weighted by Gasteiger charge is 2.15. The third-order valence-electron chi connectivity index (χ3n) is 4.03. The second kappa shape index (κ2) is 8.11. The molecule has 0 aliphatic carbocycles. The highest BCUT2D eigenvalue weighted by Crippen LogP contribution is 2.34. The van der Waals surface area contributed by atoms with E-state index in [1.165, 1.54) is 29.9 Å². The van der Waals surface area contributed by atoms with Crippen LogP contribution in [-0.2, 0) is 0 Å². The normalized spacial score (nSPS) is 10.6. The topological polar surface area (TPSA) is 103 Å². The predicted octanol–water partition coefficient (Wildman–Crippen LogP) is 4.05. The number of nitrogens with zero attached hydrogens (tertiary/aromatic N) is 5. The fourth-order valence-electron chi connectivity index (χ4n) is 2.85. The summed E-state index contributed by atoms with van der Waals surface area (Å²) in [6.45, 7) is 3.97. The van der Waals surface area contributed by atoms with Crippen LogP contribution < -0.4 is 10.1 Å². The molecule has 29 heavy (non-hydrogen) atoms. The van der Waals surface area contributed by atoms with E-state index < -0.39 is 0 Å². The first-order valence-electron chi connectivity index (χ1n) is 8.69. The highest BCUT2D eigenvalue weighted by molar-refractivity contribution is 7.14. The molecule has 0 fully saturated rings. The van der Waals surface area contributed by atoms with Crippen molar-refractivity contribution in [2.45, 2.75) is 13.8 Å². The third kappa shape index (κ3) is 4.25. The lowest BCUT2D eigenvalue weighted by Gasteiger charge is -2.11. The molecule has 0 radical (unpaired) electrons. The van der Waals surface area contributed by atoms with Crippen LogP contribution in [0.25, 0.3) is 11.3 Å². The summed E-state index contributed by atoms with van der Waals surface area (Å²) in [4.78, 5) is 32.8. The van der Waals surface area contributed by atoms with Gasteiger partial charge < -0.3 is 4.74 Å². The second-order valence-corrected chi connectivity index (χ2v) is 7.01. The van der Waals surface area contributed by atoms with Gasteiger partial charge in [0.25, 0.3) is 5.91 Å². The van der Waals surface area contributed by atoms with E-state index in [1.807, 2.05) is 31.4 Å². The zero-order chi connectivity index (χ0) is 20.2. The van der Waals surface area contributed by atoms with Crippen LogP contribution in [0.2, 0.25) is 0 Å². The van der Waals surface area contributed by atoms with E-state index in [4.69, 9.17) is 4.74 Å². The fourth-order valence-corrected chi connectivity index (χ4v) is 3.55. The molecule has 0 bridgehead atoms. The Bertz CT molecular complexity index is 1130. The summed E-state index contributed by atoms with van der Waals surface area (Å²) in [5, 5.41) is 5.15. The molecule has 144 valence electrons. The van der Waals surface area contributed by atoms with Gasteiger partial charge in [0.05, 0.1) is 11.9 Å². The van der Waals surface area contributed by atoms with Crippen LogP contribution in [0.1, 0.15) is 21.6 Å². The van der Waals surface area contributed by atoms with E-state index in [2.05, 4.69) is 30.2 Å². The van der Waals surface area contributed by atoms with E-state index >= 15 is 0 Å². The number of nitrogens with one attached hydrogen (secondary N) is 1. The lowest BCUT2D eigenvalue weighted by molar-refractivity contribution is 0.102. The Morgan fingerprint density at radius 1 is 1.03 bits per heavy atom. The Labute approximate surface area is 170 Å². The Morgan fingerprint density at radius 2 is 1.79 bits per heavy atom. The molecule has 8 nitrogen and oxygen atoms in total. The molecule has 0 aliphatic heterocycles. The average molecular weight is 404 g/mol. The van der Waals surface area contributed by atoms with Gasteiger partial charge in [-0.2, -0.15) is 0 Å². The fraction of sp³-hybridized carbons (Fsp3) is 0.100. The minimum absolute atomic E-state index is 0.237. The average Bonchev–Trinajstić information content (AvgIpc) is 3.17. The molecule has 1 amide bonds. The van der Waals surface area contributed by atoms with E-state index in [9.17, 15) is 4.79 Å². The minimum Gasteiger partial charge on any atom is -0.424 e. The smallest absolute Gasteiger partial charge is 0.321 e. The molecule has 0 atom stereocenters. The number of hydrogen-bond acceptors (Lipinski definition) is 8. The molecule has 1 N–H and O–H groups in total. The van der Waals surface area contributed by atoms with E-state index in [0.717, 1.165) is 22.4 Å². The Balaban J connectivity index is 1.55. The maximum atomic E-state index is 12.2. The summed E-state index contributed by atoms with van der Waals surface area (Å²) < 4.78 is 5.73. The highest BCUT2D eigenvalue weighted by atomic mass is 32.1. The number of aromatic nitrogens is 5. The van der Waals surface area contributed by atoms with Gasteiger partial charge in [0.15, 0.2) is 5.13 Å². The maximum Gasteiger partial charge on any atom is 0.321 e. The standard InChI is InChI=1S/C20H16N6O2S/c1-12-8-14(28-19-23-4-3-5-24-19)9-13(2)17(12)16-11-29-20(25-16)26-18(27)15-10-21-6-7-22-15/h3-11H,1-2H3,(H,25,26,27). The summed E-state index contributed by atoms with van der Waals surface area (Å²) in [5.41, 5.74) is 3.99. The Kier molecular flexibility index (Phi) is 5.21. The molecule has 4 aromatic rings. The molecule has 0 saturated carbocycles. The summed E-state index contributed by atoms with van der Waals surface area (Å²) in [7, 11) is 0. The zero-order valence-corrected chi connectivity index (χ0v) is 16.5. The van der Waals surface area contributed by atoms with Crippen LogP contribution >= 0.6 is 11.3 Å². The number of carbonyl (C=O) groups is 1. The number of amides is 1. The van der Waals surface area contributed by atoms with Crippen molar-refractivity contribution in [2.75, 3.05) is 5.32 Å². The van der Waals surface area contributed by atoms with Crippen molar-refractivity contribution >= 4 is 22.4 Å². The van der Waals surface area contributed by atoms with Gasteiger partial charge in [0.1, 0.15) is 11.4 Å². The van der Waals surface area contributed by atoms with Crippen LogP contribution in [0, 0.1) is 13.8 Å². The van der Waals surface area contributed by atoms with Crippen LogP contribution in [0.3, 0.4) is 0 Å². The van der Waals surface area contributed by atoms with Gasteiger partial charge in [-0.05, 0) is 43.2 Å². The van der Waals surface area contributed by atoms with Crippen molar-refractivity contribution in [1.29, 1.82) is 0 Å². The van der Waals surface area contributed by atoms with Gasteiger partial charge in [-0.3, -0.25) is 15.1 Å². The van der Waals surface area contributed by atoms with Gasteiger partial charge in [-0.25, -0.2) is 19.9 Å². The van der Waals surface area contributed by atoms with Crippen molar-refractivity contribution in [3.8, 4) is 23.0 Å². The minimum atomic E-state index is -0.348. The van der Waals surface area contributed by atoms with Crippen LogP contribution in [0.5, 0.6) is 11.8 Å². The van der Waals surface area contributed by atoms with Crippen LogP contribution in [0.4, 0.5) is 5.13 Å². The number of ether oxygens (including phenoxy) is 1. The number of carbonyl (C=O) groups excluding carboxylic acids is 1. The van der Waals surface area contributed by atoms with Crippen molar-refractivity contribution in [3.63, 3.8) is 0 Å². The lowest BCUT2D eigenvalue weighted by atomic mass is 10.0. The van der Waals surface area contributed by atoms with E-state index in [1.54, 1.807) is 18.5 Å². The number of anilines is 1. The number of rotatable bonds is 5. The number of aryl methyl sites for hydroxylation is 2. The molecule has 0 unspecified atom stereocenters. The summed E-state index contributed by atoms with van der Waals surface area (Å²) in [6, 6.07) is 5.85. The Hall–Kier alpha value is -3.72. The largest absolute Gasteiger partial charge is 0.424 e. The third-order valence-corrected chi connectivity index (χ3v) is 4.79. The molecular formula is C20H16N6O2S. The quantitative estimate of drug-likeness (QED) is 0.535. The van der Waals surface area contributed by atoms with Crippen LogP contribution in [-0.4, -0.2) is 30.8 Å². The van der Waals surface area contributed by atoms with E-state index in [0.29, 0.717) is 16.9 Å². The Morgan fingerprint density at radius 3 is 2.48 bits per heavy atom. The zero-order valence-electron chi connectivity index (χ0n) is 15.7. The van der Waals surface area contributed by atoms with Crippen molar-refractivity contribution < 1.29 is 9.53 Å². The van der Waals surface area contributed by atoms with Gasteiger partial charge in [0, 0.05) is 35.7 Å². The van der Waals surface area contributed by atoms with Crippen molar-refractivity contribution in [1.82, 2.24) is 24.9 Å². The van der Waals surface area contributed by atoms with Crippen LogP contribution in [0.15, 0.2) is 54.6 Å². The number of hydrogen-bond donors (Lipinski definition) is 1. The lowest BCUT2D eigenvalue weighted by Crippen LogP contribution is -2.13. The molecular weight excluding hydrogens is 388 g/mol. The molecule has 0 spiro atoms. The van der Waals surface area contributed by atoms with Gasteiger partial charge >= 0.3 is 6.01 Å². The first-order chi connectivity index (χ1) is 14.1. The summed E-state index contributed by atoms with van der Waals surface area (Å²) in [6.07, 6.45) is 7.65. The van der Waals surface area contributed by atoms with Gasteiger partial charge in [-0.1, -0.05) is 0 Å². The summed E-state index contributed by atoms with van der Waals surface area (Å²) >= 11 is 1.35. The summed E-state index contributed by atoms with van der Waals surface area (Å²) in [5.74, 6) is 0.306. The van der Waals surface area contributed by atoms with E-state index in [-0.39, 0.29) is 11.6 Å². The van der Waals surface area contributed by atoms with Gasteiger partial charge in [-0.15, -0.1) is 11.3 Å². The van der Waals surface area contributed by atoms with Crippen molar-refractivity contribution in [3.05, 3.63) is 71.4 Å². The molecule has 4 rings (SSSR count). The molecule has 3 heterocycles. The molecule has 1 aromatic carbocycles. The first-order valence-corrected chi connectivity index (χ1v) is 9.57. The molecule has 0 saturated heterocycles. The number of thiazole rings is 1. The molecule has 0 aliphatic rings. The molecule has 9 heteroatoms. The first kappa shape index (κ1) is 18.6. The number of benzene rings is 1. The SMILES string of the molecule is Cc1cc(Oc2ncccn2)cc(C)c1-c1csc(NC(=O)c2cnccn2)n1. The predicted molar refractivity (Wildman–Crippen MR) is 109 cm³/mol. The second-order valence-electron chi connectivity index (χ2n) is 6.15. The van der Waals surface area contributed by atoms with Crippen molar-refractivity contribution in [2.24, 2.45) is 0 Å². The molecule has 3 aromatic heterocycles. The maximum absolute atomic E-state index is 12.2. The van der Waals surface area contributed by atoms with Gasteiger partial charge in [0.2, 0.25) is 0 Å².